The number of hydrazine groups is 1. The first-order valence-electron chi connectivity index (χ1n) is 9.29. The molecule has 1 aliphatic rings. The van der Waals surface area contributed by atoms with Crippen LogP contribution < -0.4 is 25.6 Å². The van der Waals surface area contributed by atoms with Crippen molar-refractivity contribution < 1.29 is 9.47 Å². The molecule has 7 nitrogen and oxygen atoms in total. The number of anilines is 2. The van der Waals surface area contributed by atoms with E-state index < -0.39 is 0 Å². The monoisotopic (exact) mass is 435 g/mol. The summed E-state index contributed by atoms with van der Waals surface area (Å²) in [6, 6.07) is 17.7. The number of thiocarbonyl (C=S) groups is 1. The molecule has 0 fully saturated rings. The maximum atomic E-state index is 5.71. The van der Waals surface area contributed by atoms with Gasteiger partial charge in [0.1, 0.15) is 19.5 Å². The van der Waals surface area contributed by atoms with Gasteiger partial charge in [0.15, 0.2) is 22.4 Å². The van der Waals surface area contributed by atoms with Crippen LogP contribution in [0.1, 0.15) is 0 Å². The Balaban J connectivity index is 1.36. The molecule has 0 aliphatic carbocycles. The summed E-state index contributed by atoms with van der Waals surface area (Å²) in [5.41, 5.74) is 8.86. The fourth-order valence-electron chi connectivity index (χ4n) is 3.08. The van der Waals surface area contributed by atoms with Gasteiger partial charge in [0.05, 0.1) is 10.2 Å². The van der Waals surface area contributed by atoms with Crippen LogP contribution in [0.5, 0.6) is 11.5 Å². The van der Waals surface area contributed by atoms with Crippen molar-refractivity contribution in [2.24, 2.45) is 0 Å². The van der Waals surface area contributed by atoms with Gasteiger partial charge in [0, 0.05) is 10.6 Å². The molecule has 0 atom stereocenters. The Morgan fingerprint density at radius 3 is 2.67 bits per heavy atom. The maximum Gasteiger partial charge on any atom is 0.189 e. The van der Waals surface area contributed by atoms with E-state index in [1.165, 1.54) is 6.33 Å². The van der Waals surface area contributed by atoms with Gasteiger partial charge in [0.2, 0.25) is 0 Å². The molecule has 0 spiro atoms. The van der Waals surface area contributed by atoms with Crippen LogP contribution in [0, 0.1) is 0 Å². The highest BCUT2D eigenvalue weighted by Crippen LogP contribution is 2.39. The number of nitrogens with one attached hydrogen (secondary N) is 3. The highest BCUT2D eigenvalue weighted by molar-refractivity contribution is 7.80. The molecule has 2 aromatic carbocycles. The zero-order valence-electron chi connectivity index (χ0n) is 15.7. The predicted octanol–water partition coefficient (Wildman–Crippen LogP) is 4.44. The third-order valence-electron chi connectivity index (χ3n) is 4.46. The van der Waals surface area contributed by atoms with Gasteiger partial charge in [-0.1, -0.05) is 18.2 Å². The molecule has 0 saturated heterocycles. The summed E-state index contributed by atoms with van der Waals surface area (Å²) in [6.07, 6.45) is 1.53. The molecule has 0 amide bonds. The van der Waals surface area contributed by atoms with Crippen molar-refractivity contribution in [3.63, 3.8) is 0 Å². The summed E-state index contributed by atoms with van der Waals surface area (Å²) in [6.45, 7) is 1.14. The molecule has 30 heavy (non-hydrogen) atoms. The SMILES string of the molecule is S=C(NNc1ncnc2cc(-c3ccc4c(c3)OCCO4)sc12)Nc1ccccc1. The van der Waals surface area contributed by atoms with E-state index in [0.717, 1.165) is 37.8 Å². The van der Waals surface area contributed by atoms with Gasteiger partial charge in [-0.15, -0.1) is 11.3 Å². The van der Waals surface area contributed by atoms with Crippen LogP contribution in [0.3, 0.4) is 0 Å². The zero-order chi connectivity index (χ0) is 20.3. The van der Waals surface area contributed by atoms with Crippen LogP contribution in [0.4, 0.5) is 11.5 Å². The standard InChI is InChI=1S/C21H17N5O2S2/c29-21(24-14-4-2-1-3-5-14)26-25-20-19-15(22-12-23-20)11-18(30-19)13-6-7-16-17(10-13)28-9-8-27-16/h1-7,10-12H,8-9H2,(H,22,23,25)(H2,24,26,29). The number of benzene rings is 2. The molecule has 0 radical (unpaired) electrons. The Morgan fingerprint density at radius 1 is 0.967 bits per heavy atom. The highest BCUT2D eigenvalue weighted by atomic mass is 32.1. The number of nitrogens with zero attached hydrogens (tertiary/aromatic N) is 2. The topological polar surface area (TPSA) is 80.3 Å². The number of fused-ring (bicyclic) bond motifs is 2. The van der Waals surface area contributed by atoms with Gasteiger partial charge < -0.3 is 14.8 Å². The van der Waals surface area contributed by atoms with Crippen molar-refractivity contribution in [2.75, 3.05) is 24.0 Å². The fraction of sp³-hybridized carbons (Fsp3) is 0.0952. The van der Waals surface area contributed by atoms with Gasteiger partial charge >= 0.3 is 0 Å². The van der Waals surface area contributed by atoms with Gasteiger partial charge in [-0.05, 0) is 54.2 Å². The Kier molecular flexibility index (Phi) is 5.04. The van der Waals surface area contributed by atoms with Crippen molar-refractivity contribution >= 4 is 50.4 Å². The number of hydrogen-bond donors (Lipinski definition) is 3. The Labute approximate surface area is 182 Å². The van der Waals surface area contributed by atoms with Crippen molar-refractivity contribution in [1.82, 2.24) is 15.4 Å². The molecule has 0 unspecified atom stereocenters. The first-order chi connectivity index (χ1) is 14.8. The van der Waals surface area contributed by atoms with Gasteiger partial charge in [0.25, 0.3) is 0 Å². The minimum Gasteiger partial charge on any atom is -0.486 e. The van der Waals surface area contributed by atoms with Crippen molar-refractivity contribution in [3.8, 4) is 21.9 Å². The first kappa shape index (κ1) is 18.6. The molecule has 150 valence electrons. The van der Waals surface area contributed by atoms with E-state index in [4.69, 9.17) is 21.7 Å². The lowest BCUT2D eigenvalue weighted by Gasteiger charge is -2.18. The summed E-state index contributed by atoms with van der Waals surface area (Å²) in [5, 5.41) is 3.55. The molecular weight excluding hydrogens is 418 g/mol. The average molecular weight is 436 g/mol. The predicted molar refractivity (Wildman–Crippen MR) is 123 cm³/mol. The molecule has 3 heterocycles. The van der Waals surface area contributed by atoms with Crippen LogP contribution in [0.2, 0.25) is 0 Å². The van der Waals surface area contributed by atoms with Crippen molar-refractivity contribution in [1.29, 1.82) is 0 Å². The molecule has 9 heteroatoms. The van der Waals surface area contributed by atoms with E-state index >= 15 is 0 Å². The zero-order valence-corrected chi connectivity index (χ0v) is 17.3. The van der Waals surface area contributed by atoms with Crippen LogP contribution in [0.25, 0.3) is 20.7 Å². The second-order valence-electron chi connectivity index (χ2n) is 6.48. The second-order valence-corrected chi connectivity index (χ2v) is 7.94. The van der Waals surface area contributed by atoms with E-state index in [1.54, 1.807) is 11.3 Å². The molecule has 4 aromatic rings. The lowest BCUT2D eigenvalue weighted by atomic mass is 10.1. The van der Waals surface area contributed by atoms with Crippen LogP contribution in [-0.4, -0.2) is 28.3 Å². The average Bonchev–Trinajstić information content (AvgIpc) is 3.23. The summed E-state index contributed by atoms with van der Waals surface area (Å²) in [4.78, 5) is 9.82. The molecular formula is C21H17N5O2S2. The molecule has 2 aromatic heterocycles. The lowest BCUT2D eigenvalue weighted by Crippen LogP contribution is -2.33. The maximum absolute atomic E-state index is 5.71. The van der Waals surface area contributed by atoms with Gasteiger partial charge in [-0.3, -0.25) is 10.9 Å². The summed E-state index contributed by atoms with van der Waals surface area (Å²) in [7, 11) is 0. The summed E-state index contributed by atoms with van der Waals surface area (Å²) >= 11 is 6.94. The number of rotatable bonds is 4. The third kappa shape index (κ3) is 3.85. The number of para-hydroxylation sites is 1. The number of aromatic nitrogens is 2. The van der Waals surface area contributed by atoms with Gasteiger partial charge in [-0.2, -0.15) is 0 Å². The van der Waals surface area contributed by atoms with E-state index in [2.05, 4.69) is 26.1 Å². The number of thiophene rings is 1. The lowest BCUT2D eigenvalue weighted by molar-refractivity contribution is 0.171. The minimum absolute atomic E-state index is 0.441. The summed E-state index contributed by atoms with van der Waals surface area (Å²) in [5.74, 6) is 2.20. The molecule has 1 aliphatic heterocycles. The van der Waals surface area contributed by atoms with Crippen molar-refractivity contribution in [3.05, 3.63) is 60.9 Å². The Morgan fingerprint density at radius 2 is 1.80 bits per heavy atom. The smallest absolute Gasteiger partial charge is 0.189 e. The first-order valence-corrected chi connectivity index (χ1v) is 10.5. The molecule has 0 saturated carbocycles. The largest absolute Gasteiger partial charge is 0.486 e. The number of ether oxygens (including phenoxy) is 2. The third-order valence-corrected chi connectivity index (χ3v) is 5.85. The summed E-state index contributed by atoms with van der Waals surface area (Å²) < 4.78 is 12.2. The van der Waals surface area contributed by atoms with Crippen LogP contribution in [0.15, 0.2) is 60.9 Å². The Hall–Kier alpha value is -3.43. The normalized spacial score (nSPS) is 12.4. The molecule has 3 N–H and O–H groups in total. The van der Waals surface area contributed by atoms with E-state index in [0.29, 0.717) is 24.1 Å². The minimum atomic E-state index is 0.441. The fourth-order valence-corrected chi connectivity index (χ4v) is 4.30. The van der Waals surface area contributed by atoms with Crippen molar-refractivity contribution in [2.45, 2.75) is 0 Å². The van der Waals surface area contributed by atoms with Crippen LogP contribution >= 0.6 is 23.6 Å². The highest BCUT2D eigenvalue weighted by Gasteiger charge is 2.15. The Bertz CT molecular complexity index is 1210. The van der Waals surface area contributed by atoms with E-state index in [1.807, 2.05) is 54.6 Å². The van der Waals surface area contributed by atoms with Crippen LogP contribution in [-0.2, 0) is 0 Å². The van der Waals surface area contributed by atoms with Gasteiger partial charge in [-0.25, -0.2) is 9.97 Å². The second kappa shape index (κ2) is 8.13. The quantitative estimate of drug-likeness (QED) is 0.321. The van der Waals surface area contributed by atoms with E-state index in [9.17, 15) is 0 Å². The number of hydrogen-bond acceptors (Lipinski definition) is 7. The molecule has 0 bridgehead atoms. The van der Waals surface area contributed by atoms with E-state index in [-0.39, 0.29) is 0 Å². The molecule has 5 rings (SSSR count).